The first-order chi connectivity index (χ1) is 14.7. The van der Waals surface area contributed by atoms with Crippen molar-refractivity contribution in [3.63, 3.8) is 0 Å². The molecular weight excluding hydrogens is 434 g/mol. The van der Waals surface area contributed by atoms with Crippen molar-refractivity contribution in [3.8, 4) is 0 Å². The van der Waals surface area contributed by atoms with Gasteiger partial charge in [-0.3, -0.25) is 4.79 Å². The lowest BCUT2D eigenvalue weighted by Crippen LogP contribution is -2.46. The number of carbonyl (C=O) groups is 1. The molecule has 0 aromatic carbocycles. The van der Waals surface area contributed by atoms with Crippen LogP contribution in [0.15, 0.2) is 17.5 Å². The molecule has 0 aliphatic carbocycles. The van der Waals surface area contributed by atoms with E-state index in [4.69, 9.17) is 10.5 Å². The first-order valence-corrected chi connectivity index (χ1v) is 13.8. The topological polar surface area (TPSA) is 102 Å². The van der Waals surface area contributed by atoms with Crippen LogP contribution in [0.3, 0.4) is 0 Å². The number of ether oxygens (including phenoxy) is 1. The molecular formula is C22H41N3O4S2. The van der Waals surface area contributed by atoms with Crippen LogP contribution in [0.5, 0.6) is 0 Å². The van der Waals surface area contributed by atoms with Gasteiger partial charge in [0.05, 0.1) is 12.2 Å². The van der Waals surface area contributed by atoms with Crippen molar-refractivity contribution in [1.82, 2.24) is 9.62 Å². The van der Waals surface area contributed by atoms with Crippen LogP contribution in [-0.4, -0.2) is 62.8 Å². The molecule has 0 amide bonds. The van der Waals surface area contributed by atoms with Crippen LogP contribution in [-0.2, 0) is 26.0 Å². The molecule has 0 bridgehead atoms. The van der Waals surface area contributed by atoms with Crippen molar-refractivity contribution in [1.29, 1.82) is 0 Å². The highest BCUT2D eigenvalue weighted by Gasteiger charge is 2.26. The van der Waals surface area contributed by atoms with E-state index in [1.807, 2.05) is 31.4 Å². The minimum absolute atomic E-state index is 0.166. The Morgan fingerprint density at radius 1 is 1.26 bits per heavy atom. The number of nitrogens with two attached hydrogens (primary N) is 1. The van der Waals surface area contributed by atoms with E-state index in [1.165, 1.54) is 4.31 Å². The zero-order valence-electron chi connectivity index (χ0n) is 19.5. The van der Waals surface area contributed by atoms with E-state index in [1.54, 1.807) is 11.3 Å². The number of thiophene rings is 1. The molecule has 0 fully saturated rings. The summed E-state index contributed by atoms with van der Waals surface area (Å²) in [5.74, 6) is -0.180. The third-order valence-corrected chi connectivity index (χ3v) is 7.70. The molecule has 7 nitrogen and oxygen atoms in total. The van der Waals surface area contributed by atoms with E-state index in [-0.39, 0.29) is 18.2 Å². The fourth-order valence-electron chi connectivity index (χ4n) is 3.17. The van der Waals surface area contributed by atoms with Crippen LogP contribution < -0.4 is 11.1 Å². The number of sulfonamides is 1. The summed E-state index contributed by atoms with van der Waals surface area (Å²) < 4.78 is 32.3. The Balaban J connectivity index is 2.67. The Labute approximate surface area is 192 Å². The molecule has 9 heteroatoms. The minimum Gasteiger partial charge on any atom is -0.459 e. The fourth-order valence-corrected chi connectivity index (χ4v) is 5.55. The molecule has 0 aliphatic rings. The lowest BCUT2D eigenvalue weighted by atomic mass is 10.1. The zero-order chi connectivity index (χ0) is 23.3. The van der Waals surface area contributed by atoms with Gasteiger partial charge in [-0.15, -0.1) is 11.3 Å². The van der Waals surface area contributed by atoms with Crippen LogP contribution in [0.1, 0.15) is 58.3 Å². The lowest BCUT2D eigenvalue weighted by Gasteiger charge is -2.25. The van der Waals surface area contributed by atoms with Crippen molar-refractivity contribution in [2.45, 2.75) is 71.9 Å². The summed E-state index contributed by atoms with van der Waals surface area (Å²) in [5, 5.41) is 5.32. The maximum atomic E-state index is 12.6. The van der Waals surface area contributed by atoms with Crippen LogP contribution in [0.25, 0.3) is 0 Å². The number of nitrogens with one attached hydrogen (secondary N) is 1. The monoisotopic (exact) mass is 475 g/mol. The number of hydrogen-bond donors (Lipinski definition) is 2. The molecule has 0 saturated carbocycles. The molecule has 180 valence electrons. The van der Waals surface area contributed by atoms with E-state index >= 15 is 0 Å². The standard InChI is InChI=1S/C22H41N3O4S2/c1-5-12-25(13-6-2)31(27,28)15-10-22(26)29-21(17-24-11-9-18(3)4)20(23)16-19-8-7-14-30-19/h7-8,14,18,20-21,24H,5-6,9-13,15-17,23H2,1-4H3/t20-,21+/m0/s1. The number of nitrogens with zero attached hydrogens (tertiary/aromatic N) is 1. The predicted octanol–water partition coefficient (Wildman–Crippen LogP) is 3.01. The highest BCUT2D eigenvalue weighted by Crippen LogP contribution is 2.14. The SMILES string of the molecule is CCCN(CCC)S(=O)(=O)CCC(=O)O[C@H](CNCCC(C)C)[C@@H](N)Cc1cccs1. The van der Waals surface area contributed by atoms with Crippen molar-refractivity contribution < 1.29 is 17.9 Å². The maximum Gasteiger partial charge on any atom is 0.307 e. The molecule has 0 saturated heterocycles. The summed E-state index contributed by atoms with van der Waals surface area (Å²) in [4.78, 5) is 13.6. The summed E-state index contributed by atoms with van der Waals surface area (Å²) >= 11 is 1.62. The molecule has 3 N–H and O–H groups in total. The number of carbonyl (C=O) groups excluding carboxylic acids is 1. The minimum atomic E-state index is -3.48. The molecule has 0 aliphatic heterocycles. The molecule has 31 heavy (non-hydrogen) atoms. The maximum absolute atomic E-state index is 12.6. The van der Waals surface area contributed by atoms with Crippen LogP contribution in [0.4, 0.5) is 0 Å². The van der Waals surface area contributed by atoms with Gasteiger partial charge in [0, 0.05) is 37.0 Å². The summed E-state index contributed by atoms with van der Waals surface area (Å²) in [6.45, 7) is 10.4. The van der Waals surface area contributed by atoms with Gasteiger partial charge in [0.1, 0.15) is 6.10 Å². The zero-order valence-corrected chi connectivity index (χ0v) is 21.1. The van der Waals surface area contributed by atoms with Crippen molar-refractivity contribution in [3.05, 3.63) is 22.4 Å². The molecule has 0 radical (unpaired) electrons. The van der Waals surface area contributed by atoms with Gasteiger partial charge in [0.15, 0.2) is 0 Å². The fraction of sp³-hybridized carbons (Fsp3) is 0.773. The second-order valence-electron chi connectivity index (χ2n) is 8.33. The van der Waals surface area contributed by atoms with Gasteiger partial charge in [0.25, 0.3) is 0 Å². The van der Waals surface area contributed by atoms with Crippen molar-refractivity contribution in [2.75, 3.05) is 31.9 Å². The molecule has 0 unspecified atom stereocenters. The average molecular weight is 476 g/mol. The summed E-state index contributed by atoms with van der Waals surface area (Å²) in [6, 6.07) is 3.62. The van der Waals surface area contributed by atoms with Gasteiger partial charge >= 0.3 is 5.97 Å². The Morgan fingerprint density at radius 3 is 2.48 bits per heavy atom. The average Bonchev–Trinajstić information content (AvgIpc) is 3.21. The summed E-state index contributed by atoms with van der Waals surface area (Å²) in [5.41, 5.74) is 6.37. The van der Waals surface area contributed by atoms with E-state index in [9.17, 15) is 13.2 Å². The number of esters is 1. The predicted molar refractivity (Wildman–Crippen MR) is 129 cm³/mol. The van der Waals surface area contributed by atoms with Gasteiger partial charge in [-0.25, -0.2) is 12.7 Å². The largest absolute Gasteiger partial charge is 0.459 e. The van der Waals surface area contributed by atoms with Gasteiger partial charge in [0.2, 0.25) is 10.0 Å². The van der Waals surface area contributed by atoms with Crippen LogP contribution in [0.2, 0.25) is 0 Å². The van der Waals surface area contributed by atoms with E-state index < -0.39 is 22.1 Å². The molecule has 2 atom stereocenters. The Kier molecular flexibility index (Phi) is 13.5. The smallest absolute Gasteiger partial charge is 0.307 e. The molecule has 0 spiro atoms. The van der Waals surface area contributed by atoms with Crippen LogP contribution >= 0.6 is 11.3 Å². The molecule has 1 rings (SSSR count). The number of hydrogen-bond acceptors (Lipinski definition) is 7. The molecule has 1 heterocycles. The number of rotatable bonds is 17. The van der Waals surface area contributed by atoms with Crippen molar-refractivity contribution >= 4 is 27.3 Å². The van der Waals surface area contributed by atoms with Gasteiger partial charge < -0.3 is 15.8 Å². The van der Waals surface area contributed by atoms with Crippen LogP contribution in [0, 0.1) is 5.92 Å². The Hall–Kier alpha value is -1.00. The second kappa shape index (κ2) is 14.9. The Bertz CT molecular complexity index is 702. The third-order valence-electron chi connectivity index (χ3n) is 4.92. The van der Waals surface area contributed by atoms with E-state index in [2.05, 4.69) is 19.2 Å². The summed E-state index contributed by atoms with van der Waals surface area (Å²) in [6.07, 6.45) is 2.44. The van der Waals surface area contributed by atoms with Gasteiger partial charge in [-0.1, -0.05) is 33.8 Å². The summed E-state index contributed by atoms with van der Waals surface area (Å²) in [7, 11) is -3.48. The quantitative estimate of drug-likeness (QED) is 0.265. The third kappa shape index (κ3) is 11.4. The second-order valence-corrected chi connectivity index (χ2v) is 11.4. The normalized spacial score (nSPS) is 14.2. The first kappa shape index (κ1) is 28.0. The van der Waals surface area contributed by atoms with E-state index in [0.29, 0.717) is 32.0 Å². The first-order valence-electron chi connectivity index (χ1n) is 11.4. The Morgan fingerprint density at radius 2 is 1.94 bits per heavy atom. The van der Waals surface area contributed by atoms with Crippen molar-refractivity contribution in [2.24, 2.45) is 11.7 Å². The molecule has 1 aromatic rings. The van der Waals surface area contributed by atoms with Gasteiger partial charge in [-0.2, -0.15) is 0 Å². The van der Waals surface area contributed by atoms with E-state index in [0.717, 1.165) is 30.7 Å². The van der Waals surface area contributed by atoms with Gasteiger partial charge in [-0.05, 0) is 43.2 Å². The molecule has 1 aromatic heterocycles. The lowest BCUT2D eigenvalue weighted by molar-refractivity contribution is -0.149. The highest BCUT2D eigenvalue weighted by molar-refractivity contribution is 7.89. The highest BCUT2D eigenvalue weighted by atomic mass is 32.2.